The molecule has 4 nitrogen and oxygen atoms in total. The van der Waals surface area contributed by atoms with Gasteiger partial charge < -0.3 is 9.63 Å². The Labute approximate surface area is 84.1 Å². The van der Waals surface area contributed by atoms with Crippen molar-refractivity contribution in [2.75, 3.05) is 0 Å². The molecule has 2 rings (SSSR count). The van der Waals surface area contributed by atoms with Crippen LogP contribution in [0.4, 0.5) is 0 Å². The predicted molar refractivity (Wildman–Crippen MR) is 50.4 cm³/mol. The lowest BCUT2D eigenvalue weighted by Crippen LogP contribution is -1.99. The Hall–Kier alpha value is -1.55. The second-order valence-corrected chi connectivity index (χ2v) is 3.20. The van der Waals surface area contributed by atoms with E-state index < -0.39 is 5.97 Å². The van der Waals surface area contributed by atoms with Crippen LogP contribution in [0.2, 0.25) is 5.15 Å². The summed E-state index contributed by atoms with van der Waals surface area (Å²) in [5, 5.41) is 13.1. The monoisotopic (exact) mass is 211 g/mol. The second-order valence-electron chi connectivity index (χ2n) is 2.84. The molecule has 1 aromatic heterocycles. The molecule has 0 aliphatic heterocycles. The number of rotatable bonds is 2. The summed E-state index contributed by atoms with van der Waals surface area (Å²) in [5.41, 5.74) is 1.02. The number of carboxylic acid groups (broad SMARTS) is 1. The van der Waals surface area contributed by atoms with Crippen LogP contribution in [0.5, 0.6) is 0 Å². The zero-order valence-corrected chi connectivity index (χ0v) is 7.78. The van der Waals surface area contributed by atoms with Crippen molar-refractivity contribution in [3.63, 3.8) is 0 Å². The molecule has 5 heteroatoms. The van der Waals surface area contributed by atoms with Crippen molar-refractivity contribution >= 4 is 28.5 Å². The SMILES string of the molecule is O=C(O)Cc1cccc2c(Cl)noc12. The third-order valence-corrected chi connectivity index (χ3v) is 2.15. The molecule has 0 saturated heterocycles. The first kappa shape index (κ1) is 9.02. The van der Waals surface area contributed by atoms with Crippen LogP contribution in [0, 0.1) is 0 Å². The second kappa shape index (κ2) is 3.31. The molecule has 14 heavy (non-hydrogen) atoms. The fraction of sp³-hybridized carbons (Fsp3) is 0.111. The number of nitrogens with zero attached hydrogens (tertiary/aromatic N) is 1. The molecule has 1 heterocycles. The van der Waals surface area contributed by atoms with Gasteiger partial charge in [-0.2, -0.15) is 0 Å². The summed E-state index contributed by atoms with van der Waals surface area (Å²) < 4.78 is 4.94. The molecule has 0 aliphatic carbocycles. The number of benzene rings is 1. The van der Waals surface area contributed by atoms with Gasteiger partial charge in [0.25, 0.3) is 0 Å². The largest absolute Gasteiger partial charge is 0.481 e. The van der Waals surface area contributed by atoms with Crippen LogP contribution in [0.1, 0.15) is 5.56 Å². The van der Waals surface area contributed by atoms with Gasteiger partial charge in [0.05, 0.1) is 11.8 Å². The molecule has 1 N–H and O–H groups in total. The van der Waals surface area contributed by atoms with E-state index in [4.69, 9.17) is 21.2 Å². The van der Waals surface area contributed by atoms with Crippen molar-refractivity contribution in [3.05, 3.63) is 28.9 Å². The lowest BCUT2D eigenvalue weighted by molar-refractivity contribution is -0.136. The average molecular weight is 212 g/mol. The molecule has 0 spiro atoms. The number of para-hydroxylation sites is 1. The molecule has 2 aromatic rings. The van der Waals surface area contributed by atoms with Crippen LogP contribution < -0.4 is 0 Å². The Morgan fingerprint density at radius 3 is 3.07 bits per heavy atom. The highest BCUT2D eigenvalue weighted by Gasteiger charge is 2.11. The zero-order chi connectivity index (χ0) is 10.1. The Balaban J connectivity index is 2.59. The molecule has 0 radical (unpaired) electrons. The van der Waals surface area contributed by atoms with Gasteiger partial charge in [-0.15, -0.1) is 0 Å². The third kappa shape index (κ3) is 1.44. The van der Waals surface area contributed by atoms with Crippen molar-refractivity contribution in [3.8, 4) is 0 Å². The van der Waals surface area contributed by atoms with Crippen molar-refractivity contribution in [2.45, 2.75) is 6.42 Å². The molecule has 0 atom stereocenters. The van der Waals surface area contributed by atoms with Crippen molar-refractivity contribution in [2.24, 2.45) is 0 Å². The maximum Gasteiger partial charge on any atom is 0.307 e. The average Bonchev–Trinajstić information content (AvgIpc) is 2.49. The summed E-state index contributed by atoms with van der Waals surface area (Å²) in [4.78, 5) is 10.5. The van der Waals surface area contributed by atoms with Gasteiger partial charge in [-0.05, 0) is 6.07 Å². The first-order valence-corrected chi connectivity index (χ1v) is 4.31. The number of carbonyl (C=O) groups is 1. The van der Waals surface area contributed by atoms with E-state index in [9.17, 15) is 4.79 Å². The van der Waals surface area contributed by atoms with Gasteiger partial charge in [0.15, 0.2) is 10.7 Å². The van der Waals surface area contributed by atoms with E-state index in [1.54, 1.807) is 18.2 Å². The third-order valence-electron chi connectivity index (χ3n) is 1.88. The minimum Gasteiger partial charge on any atom is -0.481 e. The minimum atomic E-state index is -0.912. The van der Waals surface area contributed by atoms with Gasteiger partial charge >= 0.3 is 5.97 Å². The topological polar surface area (TPSA) is 63.3 Å². The number of aromatic nitrogens is 1. The number of aliphatic carboxylic acids is 1. The summed E-state index contributed by atoms with van der Waals surface area (Å²) in [6, 6.07) is 5.14. The van der Waals surface area contributed by atoms with Gasteiger partial charge in [0.1, 0.15) is 0 Å². The summed E-state index contributed by atoms with van der Waals surface area (Å²) >= 11 is 5.73. The number of hydrogen-bond acceptors (Lipinski definition) is 3. The molecule has 0 fully saturated rings. The van der Waals surface area contributed by atoms with Gasteiger partial charge in [-0.1, -0.05) is 28.9 Å². The molecule has 0 bridgehead atoms. The zero-order valence-electron chi connectivity index (χ0n) is 7.03. The van der Waals surface area contributed by atoms with E-state index >= 15 is 0 Å². The van der Waals surface area contributed by atoms with Gasteiger partial charge in [0.2, 0.25) is 0 Å². The van der Waals surface area contributed by atoms with E-state index in [2.05, 4.69) is 5.16 Å². The molecular weight excluding hydrogens is 206 g/mol. The van der Waals surface area contributed by atoms with Crippen LogP contribution >= 0.6 is 11.6 Å². The molecule has 0 saturated carbocycles. The molecule has 72 valence electrons. The van der Waals surface area contributed by atoms with Crippen molar-refractivity contribution in [1.82, 2.24) is 5.16 Å². The Morgan fingerprint density at radius 2 is 2.36 bits per heavy atom. The molecule has 0 amide bonds. The summed E-state index contributed by atoms with van der Waals surface area (Å²) in [6.07, 6.45) is -0.0944. The standard InChI is InChI=1S/C9H6ClNO3/c10-9-6-3-1-2-5(4-7(12)13)8(6)14-11-9/h1-3H,4H2,(H,12,13). The fourth-order valence-corrected chi connectivity index (χ4v) is 1.48. The van der Waals surface area contributed by atoms with Crippen LogP contribution in [-0.4, -0.2) is 16.2 Å². The Morgan fingerprint density at radius 1 is 1.57 bits per heavy atom. The van der Waals surface area contributed by atoms with Crippen molar-refractivity contribution < 1.29 is 14.4 Å². The first-order valence-electron chi connectivity index (χ1n) is 3.93. The predicted octanol–water partition coefficient (Wildman–Crippen LogP) is 2.11. The fourth-order valence-electron chi connectivity index (χ4n) is 1.29. The summed E-state index contributed by atoms with van der Waals surface area (Å²) in [7, 11) is 0. The van der Waals surface area contributed by atoms with Crippen LogP contribution in [0.15, 0.2) is 22.7 Å². The maximum atomic E-state index is 10.5. The number of fused-ring (bicyclic) bond motifs is 1. The van der Waals surface area contributed by atoms with E-state index in [0.717, 1.165) is 0 Å². The van der Waals surface area contributed by atoms with Crippen LogP contribution in [0.3, 0.4) is 0 Å². The number of carboxylic acids is 1. The van der Waals surface area contributed by atoms with E-state index in [-0.39, 0.29) is 11.6 Å². The van der Waals surface area contributed by atoms with E-state index in [1.807, 2.05) is 0 Å². The van der Waals surface area contributed by atoms with E-state index in [0.29, 0.717) is 16.5 Å². The van der Waals surface area contributed by atoms with Gasteiger partial charge in [-0.3, -0.25) is 4.79 Å². The Kier molecular flexibility index (Phi) is 2.13. The highest BCUT2D eigenvalue weighted by Crippen LogP contribution is 2.25. The first-order chi connectivity index (χ1) is 6.68. The summed E-state index contributed by atoms with van der Waals surface area (Å²) in [6.45, 7) is 0. The molecule has 1 aromatic carbocycles. The highest BCUT2D eigenvalue weighted by molar-refractivity contribution is 6.34. The summed E-state index contributed by atoms with van der Waals surface area (Å²) in [5.74, 6) is -0.912. The maximum absolute atomic E-state index is 10.5. The van der Waals surface area contributed by atoms with E-state index in [1.165, 1.54) is 0 Å². The Bertz CT molecular complexity index is 492. The molecule has 0 unspecified atom stereocenters. The number of hydrogen-bond donors (Lipinski definition) is 1. The van der Waals surface area contributed by atoms with Gasteiger partial charge in [0, 0.05) is 5.56 Å². The van der Waals surface area contributed by atoms with Crippen LogP contribution in [0.25, 0.3) is 11.0 Å². The van der Waals surface area contributed by atoms with Crippen LogP contribution in [-0.2, 0) is 11.2 Å². The van der Waals surface area contributed by atoms with Crippen molar-refractivity contribution in [1.29, 1.82) is 0 Å². The minimum absolute atomic E-state index is 0.0944. The smallest absolute Gasteiger partial charge is 0.307 e. The molecule has 0 aliphatic rings. The highest BCUT2D eigenvalue weighted by atomic mass is 35.5. The lowest BCUT2D eigenvalue weighted by atomic mass is 10.1. The lowest BCUT2D eigenvalue weighted by Gasteiger charge is -1.95. The van der Waals surface area contributed by atoms with Gasteiger partial charge in [-0.25, -0.2) is 0 Å². The normalized spacial score (nSPS) is 10.6. The number of halogens is 1. The molecular formula is C9H6ClNO3. The quantitative estimate of drug-likeness (QED) is 0.826.